The Labute approximate surface area is 229 Å². The van der Waals surface area contributed by atoms with Gasteiger partial charge in [-0.15, -0.1) is 0 Å². The maximum Gasteiger partial charge on any atom is 0.280 e. The Bertz CT molecular complexity index is 1770. The zero-order valence-corrected chi connectivity index (χ0v) is 22.7. The second-order valence-corrected chi connectivity index (χ2v) is 11.7. The van der Waals surface area contributed by atoms with Gasteiger partial charge < -0.3 is 0 Å². The maximum atomic E-state index is 13.8. The molecule has 0 atom stereocenters. The molecular weight excluding hydrogens is 535 g/mol. The Morgan fingerprint density at radius 1 is 0.949 bits per heavy atom. The second-order valence-electron chi connectivity index (χ2n) is 8.71. The normalized spacial score (nSPS) is 11.7. The smallest absolute Gasteiger partial charge is 0.269 e. The van der Waals surface area contributed by atoms with Crippen LogP contribution in [0.5, 0.6) is 0 Å². The van der Waals surface area contributed by atoms with E-state index in [1.807, 2.05) is 31.2 Å². The van der Waals surface area contributed by atoms with Crippen molar-refractivity contribution < 1.29 is 17.6 Å². The summed E-state index contributed by atoms with van der Waals surface area (Å²) in [5.74, 6) is -0.922. The van der Waals surface area contributed by atoms with Crippen LogP contribution < -0.4 is 9.31 Å². The van der Waals surface area contributed by atoms with Crippen LogP contribution in [0.25, 0.3) is 10.2 Å². The molecule has 0 saturated heterocycles. The fraction of sp³-hybridized carbons (Fsp3) is 0.0690. The molecule has 196 valence electrons. The van der Waals surface area contributed by atoms with Gasteiger partial charge in [0.05, 0.1) is 27.0 Å². The molecule has 39 heavy (non-hydrogen) atoms. The van der Waals surface area contributed by atoms with E-state index in [-0.39, 0.29) is 15.6 Å². The monoisotopic (exact) mass is 558 g/mol. The minimum Gasteiger partial charge on any atom is -0.269 e. The fourth-order valence-electron chi connectivity index (χ4n) is 3.77. The highest BCUT2D eigenvalue weighted by Crippen LogP contribution is 2.31. The van der Waals surface area contributed by atoms with E-state index < -0.39 is 21.7 Å². The van der Waals surface area contributed by atoms with Crippen LogP contribution in [0.4, 0.5) is 15.2 Å². The predicted molar refractivity (Wildman–Crippen MR) is 154 cm³/mol. The summed E-state index contributed by atoms with van der Waals surface area (Å²) in [6, 6.07) is 26.2. The highest BCUT2D eigenvalue weighted by atomic mass is 32.2. The number of rotatable bonds is 7. The summed E-state index contributed by atoms with van der Waals surface area (Å²) >= 11 is 1.13. The summed E-state index contributed by atoms with van der Waals surface area (Å²) in [6.45, 7) is 1.97. The van der Waals surface area contributed by atoms with Crippen LogP contribution in [-0.4, -0.2) is 32.6 Å². The largest absolute Gasteiger partial charge is 0.280 e. The van der Waals surface area contributed by atoms with Gasteiger partial charge in [0.2, 0.25) is 5.13 Å². The number of carbonyl (C=O) groups excluding carboxylic acids is 1. The van der Waals surface area contributed by atoms with Crippen molar-refractivity contribution in [1.82, 2.24) is 4.98 Å². The number of benzene rings is 4. The Morgan fingerprint density at radius 2 is 1.64 bits per heavy atom. The van der Waals surface area contributed by atoms with Gasteiger partial charge in [0.25, 0.3) is 15.9 Å². The molecule has 10 heteroatoms. The molecule has 0 unspecified atom stereocenters. The lowest BCUT2D eigenvalue weighted by Gasteiger charge is -2.19. The average molecular weight is 559 g/mol. The standard InChI is InChI=1S/C29H23FN4O3S2/c1-20-8-10-21(11-9-20)19-31-34(29-32-26-17-14-23(30)18-27(26)38-29)28(35)22-12-15-25(16-13-22)39(36,37)33(2)24-6-4-3-5-7-24/h3-19H,1-2H3/b31-19+. The van der Waals surface area contributed by atoms with Crippen molar-refractivity contribution in [3.8, 4) is 0 Å². The number of aromatic nitrogens is 1. The predicted octanol–water partition coefficient (Wildman–Crippen LogP) is 6.25. The number of nitrogens with zero attached hydrogens (tertiary/aromatic N) is 4. The maximum absolute atomic E-state index is 13.8. The molecule has 0 bridgehead atoms. The van der Waals surface area contributed by atoms with Crippen molar-refractivity contribution in [2.75, 3.05) is 16.4 Å². The number of hydrazone groups is 1. The lowest BCUT2D eigenvalue weighted by Crippen LogP contribution is -2.27. The van der Waals surface area contributed by atoms with E-state index in [2.05, 4.69) is 10.1 Å². The average Bonchev–Trinajstić information content (AvgIpc) is 3.37. The zero-order chi connectivity index (χ0) is 27.6. The first-order chi connectivity index (χ1) is 18.7. The van der Waals surface area contributed by atoms with Crippen LogP contribution in [0.2, 0.25) is 0 Å². The molecule has 4 aromatic carbocycles. The summed E-state index contributed by atoms with van der Waals surface area (Å²) in [6.07, 6.45) is 1.54. The molecule has 5 rings (SSSR count). The Kier molecular flexibility index (Phi) is 7.23. The molecule has 0 N–H and O–H groups in total. The van der Waals surface area contributed by atoms with Gasteiger partial charge in [0.15, 0.2) is 0 Å². The van der Waals surface area contributed by atoms with E-state index >= 15 is 0 Å². The van der Waals surface area contributed by atoms with Crippen LogP contribution in [0.3, 0.4) is 0 Å². The number of hydrogen-bond acceptors (Lipinski definition) is 6. The molecule has 0 aliphatic rings. The quantitative estimate of drug-likeness (QED) is 0.175. The highest BCUT2D eigenvalue weighted by Gasteiger charge is 2.24. The summed E-state index contributed by atoms with van der Waals surface area (Å²) in [7, 11) is -2.37. The van der Waals surface area contributed by atoms with Gasteiger partial charge in [0.1, 0.15) is 5.82 Å². The molecule has 7 nitrogen and oxygen atoms in total. The first-order valence-electron chi connectivity index (χ1n) is 11.9. The molecule has 5 aromatic rings. The van der Waals surface area contributed by atoms with E-state index in [0.29, 0.717) is 15.9 Å². The number of thiazole rings is 1. The molecule has 0 aliphatic heterocycles. The summed E-state index contributed by atoms with van der Waals surface area (Å²) in [5, 5.41) is 5.81. The van der Waals surface area contributed by atoms with Gasteiger partial charge in [-0.2, -0.15) is 10.1 Å². The van der Waals surface area contributed by atoms with Crippen LogP contribution >= 0.6 is 11.3 Å². The third-order valence-corrected chi connectivity index (χ3v) is 8.79. The third-order valence-electron chi connectivity index (χ3n) is 5.99. The number of aryl methyl sites for hydroxylation is 1. The number of hydrogen-bond donors (Lipinski definition) is 0. The lowest BCUT2D eigenvalue weighted by atomic mass is 10.2. The number of para-hydroxylation sites is 1. The van der Waals surface area contributed by atoms with Crippen molar-refractivity contribution in [3.05, 3.63) is 120 Å². The SMILES string of the molecule is Cc1ccc(/C=N/N(C(=O)c2ccc(S(=O)(=O)N(C)c3ccccc3)cc2)c2nc3ccc(F)cc3s2)cc1. The van der Waals surface area contributed by atoms with E-state index in [1.165, 1.54) is 54.0 Å². The van der Waals surface area contributed by atoms with Gasteiger partial charge in [-0.1, -0.05) is 59.4 Å². The van der Waals surface area contributed by atoms with Gasteiger partial charge >= 0.3 is 0 Å². The summed E-state index contributed by atoms with van der Waals surface area (Å²) in [5.41, 5.74) is 3.12. The van der Waals surface area contributed by atoms with E-state index in [1.54, 1.807) is 36.4 Å². The number of amides is 1. The molecule has 0 radical (unpaired) electrons. The van der Waals surface area contributed by atoms with Crippen molar-refractivity contribution in [3.63, 3.8) is 0 Å². The minimum absolute atomic E-state index is 0.0376. The molecular formula is C29H23FN4O3S2. The Balaban J connectivity index is 1.48. The topological polar surface area (TPSA) is 82.9 Å². The zero-order valence-electron chi connectivity index (χ0n) is 21.0. The number of sulfonamides is 1. The van der Waals surface area contributed by atoms with E-state index in [9.17, 15) is 17.6 Å². The Morgan fingerprint density at radius 3 is 2.33 bits per heavy atom. The number of anilines is 2. The lowest BCUT2D eigenvalue weighted by molar-refractivity contribution is 0.0987. The molecule has 1 amide bonds. The van der Waals surface area contributed by atoms with Crippen molar-refractivity contribution in [2.24, 2.45) is 5.10 Å². The number of fused-ring (bicyclic) bond motifs is 1. The van der Waals surface area contributed by atoms with E-state index in [4.69, 9.17) is 0 Å². The summed E-state index contributed by atoms with van der Waals surface area (Å²) in [4.78, 5) is 18.1. The van der Waals surface area contributed by atoms with Gasteiger partial charge in [-0.25, -0.2) is 17.8 Å². The molecule has 0 spiro atoms. The molecule has 0 fully saturated rings. The van der Waals surface area contributed by atoms with Crippen LogP contribution in [-0.2, 0) is 10.0 Å². The number of halogens is 1. The van der Waals surface area contributed by atoms with Crippen LogP contribution in [0.15, 0.2) is 107 Å². The number of carbonyl (C=O) groups is 1. The van der Waals surface area contributed by atoms with Gasteiger partial charge in [0, 0.05) is 12.6 Å². The van der Waals surface area contributed by atoms with Gasteiger partial charge in [-0.3, -0.25) is 9.10 Å². The van der Waals surface area contributed by atoms with Gasteiger partial charge in [-0.05, 0) is 67.1 Å². The molecule has 1 aromatic heterocycles. The van der Waals surface area contributed by atoms with Crippen LogP contribution in [0.1, 0.15) is 21.5 Å². The Hall–Kier alpha value is -4.41. The fourth-order valence-corrected chi connectivity index (χ4v) is 5.91. The first kappa shape index (κ1) is 26.2. The molecule has 1 heterocycles. The van der Waals surface area contributed by atoms with Crippen LogP contribution in [0, 0.1) is 12.7 Å². The van der Waals surface area contributed by atoms with Crippen molar-refractivity contribution in [1.29, 1.82) is 0 Å². The highest BCUT2D eigenvalue weighted by molar-refractivity contribution is 7.92. The molecule has 0 saturated carbocycles. The minimum atomic E-state index is -3.85. The van der Waals surface area contributed by atoms with Crippen molar-refractivity contribution in [2.45, 2.75) is 11.8 Å². The third kappa shape index (κ3) is 5.57. The second kappa shape index (κ2) is 10.8. The summed E-state index contributed by atoms with van der Waals surface area (Å²) < 4.78 is 41.8. The molecule has 0 aliphatic carbocycles. The van der Waals surface area contributed by atoms with Crippen molar-refractivity contribution >= 4 is 54.5 Å². The van der Waals surface area contributed by atoms with E-state index in [0.717, 1.165) is 27.5 Å². The first-order valence-corrected chi connectivity index (χ1v) is 14.1.